The molecule has 3 heteroatoms. The first-order chi connectivity index (χ1) is 13.5. The highest BCUT2D eigenvalue weighted by molar-refractivity contribution is 6.01. The van der Waals surface area contributed by atoms with E-state index in [2.05, 4.69) is 17.4 Å². The van der Waals surface area contributed by atoms with Gasteiger partial charge in [-0.05, 0) is 85.1 Å². The second kappa shape index (κ2) is 6.59. The molecule has 4 aliphatic rings. The first-order valence-corrected chi connectivity index (χ1v) is 10.4. The molecule has 3 nitrogen and oxygen atoms in total. The van der Waals surface area contributed by atoms with Gasteiger partial charge in [-0.2, -0.15) is 0 Å². The fourth-order valence-corrected chi connectivity index (χ4v) is 6.38. The van der Waals surface area contributed by atoms with Gasteiger partial charge in [-0.15, -0.1) is 0 Å². The van der Waals surface area contributed by atoms with Crippen LogP contribution >= 0.6 is 0 Å². The highest BCUT2D eigenvalue weighted by atomic mass is 16.3. The lowest BCUT2D eigenvalue weighted by molar-refractivity contribution is -0.137. The second-order valence-corrected chi connectivity index (χ2v) is 9.28. The van der Waals surface area contributed by atoms with Crippen LogP contribution in [0, 0.1) is 11.8 Å². The normalized spacial score (nSPS) is 33.3. The molecule has 0 radical (unpaired) electrons. The Hall–Kier alpha value is -2.39. The molecule has 4 bridgehead atoms. The van der Waals surface area contributed by atoms with Crippen molar-refractivity contribution in [2.24, 2.45) is 11.8 Å². The Labute approximate surface area is 166 Å². The third-order valence-electron chi connectivity index (χ3n) is 7.02. The van der Waals surface area contributed by atoms with Crippen LogP contribution in [0.3, 0.4) is 0 Å². The summed E-state index contributed by atoms with van der Waals surface area (Å²) >= 11 is 0. The predicted molar refractivity (Wildman–Crippen MR) is 112 cm³/mol. The molecule has 2 unspecified atom stereocenters. The third-order valence-corrected chi connectivity index (χ3v) is 7.02. The van der Waals surface area contributed by atoms with E-state index in [-0.39, 0.29) is 11.3 Å². The molecule has 1 amide bonds. The molecule has 144 valence electrons. The van der Waals surface area contributed by atoms with Crippen LogP contribution in [0.4, 0.5) is 5.69 Å². The monoisotopic (exact) mass is 373 g/mol. The Balaban J connectivity index is 1.29. The molecule has 0 heterocycles. The summed E-state index contributed by atoms with van der Waals surface area (Å²) in [5, 5.41) is 13.9. The first kappa shape index (κ1) is 17.7. The van der Waals surface area contributed by atoms with E-state index in [4.69, 9.17) is 0 Å². The number of nitrogens with one attached hydrogen (secondary N) is 1. The Bertz CT molecular complexity index is 886. The molecule has 4 aliphatic carbocycles. The molecule has 2 aromatic rings. The number of benzene rings is 2. The minimum Gasteiger partial charge on any atom is -0.390 e. The zero-order valence-corrected chi connectivity index (χ0v) is 16.1. The molecule has 2 N–H and O–H groups in total. The molecule has 6 rings (SSSR count). The quantitative estimate of drug-likeness (QED) is 0.747. The summed E-state index contributed by atoms with van der Waals surface area (Å²) in [5.41, 5.74) is 2.84. The van der Waals surface area contributed by atoms with Crippen molar-refractivity contribution in [3.63, 3.8) is 0 Å². The van der Waals surface area contributed by atoms with Gasteiger partial charge in [0, 0.05) is 11.8 Å². The van der Waals surface area contributed by atoms with Gasteiger partial charge in [-0.1, -0.05) is 42.5 Å². The van der Waals surface area contributed by atoms with Gasteiger partial charge < -0.3 is 10.4 Å². The lowest BCUT2D eigenvalue weighted by atomic mass is 9.46. The fraction of sp³-hybridized carbons (Fsp3) is 0.400. The molecule has 0 saturated heterocycles. The van der Waals surface area contributed by atoms with Crippen molar-refractivity contribution in [2.75, 3.05) is 5.32 Å². The van der Waals surface area contributed by atoms with Gasteiger partial charge in [-0.3, -0.25) is 4.79 Å². The van der Waals surface area contributed by atoms with E-state index in [1.807, 2.05) is 48.5 Å². The molecular weight excluding hydrogens is 346 g/mol. The average molecular weight is 373 g/mol. The van der Waals surface area contributed by atoms with Gasteiger partial charge in [0.2, 0.25) is 5.91 Å². The maximum absolute atomic E-state index is 12.2. The van der Waals surface area contributed by atoms with Crippen LogP contribution in [0.2, 0.25) is 0 Å². The van der Waals surface area contributed by atoms with Crippen molar-refractivity contribution in [2.45, 2.75) is 49.5 Å². The highest BCUT2D eigenvalue weighted by Gasteiger charge is 2.57. The standard InChI is InChI=1S/C25H27NO2/c27-23(11-6-18-4-2-1-3-5-18)26-22-9-7-21(8-10-22)24-13-19-12-20(14-24)16-25(28,15-19)17-24/h1-11,19-20,28H,12-17H2,(H,26,27)/b11-6+. The summed E-state index contributed by atoms with van der Waals surface area (Å²) in [6.45, 7) is 0. The maximum Gasteiger partial charge on any atom is 0.248 e. The van der Waals surface area contributed by atoms with E-state index in [0.717, 1.165) is 30.5 Å². The number of rotatable bonds is 4. The third kappa shape index (κ3) is 3.29. The highest BCUT2D eigenvalue weighted by Crippen LogP contribution is 2.62. The molecule has 0 spiro atoms. The SMILES string of the molecule is O=C(/C=C/c1ccccc1)Nc1ccc(C23CC4CC(CC(O)(C4)C2)C3)cc1. The van der Waals surface area contributed by atoms with Crippen LogP contribution in [0.15, 0.2) is 60.7 Å². The largest absolute Gasteiger partial charge is 0.390 e. The Morgan fingerprint density at radius 2 is 1.64 bits per heavy atom. The van der Waals surface area contributed by atoms with Crippen molar-refractivity contribution in [3.8, 4) is 0 Å². The van der Waals surface area contributed by atoms with E-state index in [9.17, 15) is 9.90 Å². The van der Waals surface area contributed by atoms with Gasteiger partial charge >= 0.3 is 0 Å². The van der Waals surface area contributed by atoms with Crippen LogP contribution < -0.4 is 5.32 Å². The number of aliphatic hydroxyl groups is 1. The van der Waals surface area contributed by atoms with Gasteiger partial charge in [0.25, 0.3) is 0 Å². The van der Waals surface area contributed by atoms with Crippen LogP contribution in [0.1, 0.15) is 49.7 Å². The van der Waals surface area contributed by atoms with Crippen LogP contribution in [-0.2, 0) is 10.2 Å². The van der Waals surface area contributed by atoms with Crippen molar-refractivity contribution < 1.29 is 9.90 Å². The molecule has 2 atom stereocenters. The van der Waals surface area contributed by atoms with Gasteiger partial charge in [-0.25, -0.2) is 0 Å². The zero-order valence-electron chi connectivity index (χ0n) is 16.1. The summed E-state index contributed by atoms with van der Waals surface area (Å²) in [6, 6.07) is 18.1. The van der Waals surface area contributed by atoms with E-state index >= 15 is 0 Å². The summed E-state index contributed by atoms with van der Waals surface area (Å²) in [5.74, 6) is 1.23. The van der Waals surface area contributed by atoms with Gasteiger partial charge in [0.15, 0.2) is 0 Å². The number of amides is 1. The van der Waals surface area contributed by atoms with Gasteiger partial charge in [0.05, 0.1) is 5.60 Å². The molecule has 0 aromatic heterocycles. The minimum absolute atomic E-state index is 0.124. The zero-order chi connectivity index (χ0) is 19.2. The Morgan fingerprint density at radius 1 is 0.964 bits per heavy atom. The number of hydrogen-bond acceptors (Lipinski definition) is 2. The number of hydrogen-bond donors (Lipinski definition) is 2. The molecule has 28 heavy (non-hydrogen) atoms. The lowest BCUT2D eigenvalue weighted by Crippen LogP contribution is -2.57. The van der Waals surface area contributed by atoms with Crippen LogP contribution in [0.25, 0.3) is 6.08 Å². The Morgan fingerprint density at radius 3 is 2.29 bits per heavy atom. The number of anilines is 1. The van der Waals surface area contributed by atoms with E-state index in [0.29, 0.717) is 11.8 Å². The fourth-order valence-electron chi connectivity index (χ4n) is 6.38. The molecule has 4 fully saturated rings. The summed E-state index contributed by atoms with van der Waals surface area (Å²) in [4.78, 5) is 12.2. The van der Waals surface area contributed by atoms with Crippen molar-refractivity contribution in [1.29, 1.82) is 0 Å². The predicted octanol–water partition coefficient (Wildman–Crippen LogP) is 4.92. The van der Waals surface area contributed by atoms with E-state index < -0.39 is 5.60 Å². The summed E-state index contributed by atoms with van der Waals surface area (Å²) in [7, 11) is 0. The topological polar surface area (TPSA) is 49.3 Å². The lowest BCUT2D eigenvalue weighted by Gasteiger charge is -2.60. The average Bonchev–Trinajstić information content (AvgIpc) is 2.66. The van der Waals surface area contributed by atoms with E-state index in [1.165, 1.54) is 24.8 Å². The molecule has 4 saturated carbocycles. The van der Waals surface area contributed by atoms with Crippen LogP contribution in [-0.4, -0.2) is 16.6 Å². The minimum atomic E-state index is -0.445. The number of carbonyl (C=O) groups is 1. The van der Waals surface area contributed by atoms with E-state index in [1.54, 1.807) is 6.08 Å². The smallest absolute Gasteiger partial charge is 0.248 e. The molecule has 2 aromatic carbocycles. The molecular formula is C25H27NO2. The van der Waals surface area contributed by atoms with Crippen LogP contribution in [0.5, 0.6) is 0 Å². The first-order valence-electron chi connectivity index (χ1n) is 10.4. The summed E-state index contributed by atoms with van der Waals surface area (Å²) in [6.07, 6.45) is 9.98. The van der Waals surface area contributed by atoms with Crippen molar-refractivity contribution >= 4 is 17.7 Å². The Kier molecular flexibility index (Phi) is 4.17. The van der Waals surface area contributed by atoms with Crippen molar-refractivity contribution in [1.82, 2.24) is 0 Å². The number of carbonyl (C=O) groups excluding carboxylic acids is 1. The maximum atomic E-state index is 12.2. The van der Waals surface area contributed by atoms with Gasteiger partial charge in [0.1, 0.15) is 0 Å². The second-order valence-electron chi connectivity index (χ2n) is 9.28. The summed E-state index contributed by atoms with van der Waals surface area (Å²) < 4.78 is 0. The van der Waals surface area contributed by atoms with Crippen molar-refractivity contribution in [3.05, 3.63) is 71.8 Å². The molecule has 0 aliphatic heterocycles.